The Morgan fingerprint density at radius 2 is 2.12 bits per heavy atom. The molecule has 2 N–H and O–H groups in total. The molecule has 0 aliphatic heterocycles. The van der Waals surface area contributed by atoms with Gasteiger partial charge >= 0.3 is 5.97 Å². The molecule has 0 saturated carbocycles. The summed E-state index contributed by atoms with van der Waals surface area (Å²) in [7, 11) is -2.37. The first-order valence-corrected chi connectivity index (χ1v) is 6.36. The van der Waals surface area contributed by atoms with Gasteiger partial charge in [-0.25, -0.2) is 13.1 Å². The fraction of sp³-hybridized carbons (Fsp3) is 0.875. The molecule has 0 spiro atoms. The number of hydrogen-bond donors (Lipinski definition) is 2. The molecule has 0 aromatic carbocycles. The fourth-order valence-corrected chi connectivity index (χ4v) is 1.83. The molecule has 0 bridgehead atoms. The summed E-state index contributed by atoms with van der Waals surface area (Å²) in [6.45, 7) is 1.53. The van der Waals surface area contributed by atoms with E-state index in [1.54, 1.807) is 6.92 Å². The average Bonchev–Trinajstić information content (AvgIpc) is 2.15. The highest BCUT2D eigenvalue weighted by Crippen LogP contribution is 1.90. The van der Waals surface area contributed by atoms with Gasteiger partial charge in [0.25, 0.3) is 0 Å². The Hall–Kier alpha value is -0.700. The SMILES string of the molecule is CCOC(=O)CS(=O)(=O)NCC(O)COC. The third-order valence-corrected chi connectivity index (χ3v) is 2.73. The number of aliphatic hydroxyl groups excluding tert-OH is 1. The largest absolute Gasteiger partial charge is 0.465 e. The molecule has 0 aromatic heterocycles. The van der Waals surface area contributed by atoms with E-state index in [2.05, 4.69) is 14.2 Å². The lowest BCUT2D eigenvalue weighted by Gasteiger charge is -2.10. The van der Waals surface area contributed by atoms with Gasteiger partial charge in [0.05, 0.1) is 19.3 Å². The maximum Gasteiger partial charge on any atom is 0.322 e. The number of carbonyl (C=O) groups is 1. The standard InChI is InChI=1S/C8H17NO6S/c1-3-15-8(11)6-16(12,13)9-4-7(10)5-14-2/h7,9-10H,3-6H2,1-2H3. The molecule has 0 aliphatic rings. The summed E-state index contributed by atoms with van der Waals surface area (Å²) in [4.78, 5) is 10.9. The number of esters is 1. The van der Waals surface area contributed by atoms with Crippen molar-refractivity contribution >= 4 is 16.0 Å². The van der Waals surface area contributed by atoms with E-state index in [1.165, 1.54) is 7.11 Å². The van der Waals surface area contributed by atoms with Gasteiger partial charge < -0.3 is 14.6 Å². The average molecular weight is 255 g/mol. The van der Waals surface area contributed by atoms with Crippen molar-refractivity contribution in [3.05, 3.63) is 0 Å². The third-order valence-electron chi connectivity index (χ3n) is 1.51. The van der Waals surface area contributed by atoms with Crippen LogP contribution < -0.4 is 4.72 Å². The van der Waals surface area contributed by atoms with Crippen molar-refractivity contribution in [2.45, 2.75) is 13.0 Å². The normalized spacial score (nSPS) is 13.4. The maximum atomic E-state index is 11.3. The van der Waals surface area contributed by atoms with Crippen LogP contribution in [0.3, 0.4) is 0 Å². The van der Waals surface area contributed by atoms with E-state index >= 15 is 0 Å². The van der Waals surface area contributed by atoms with E-state index < -0.39 is 27.8 Å². The third kappa shape index (κ3) is 7.57. The zero-order valence-electron chi connectivity index (χ0n) is 9.30. The van der Waals surface area contributed by atoms with Crippen LogP contribution in [-0.2, 0) is 24.3 Å². The molecule has 0 rings (SSSR count). The molecule has 7 nitrogen and oxygen atoms in total. The summed E-state index contributed by atoms with van der Waals surface area (Å²) in [6, 6.07) is 0. The van der Waals surface area contributed by atoms with Crippen LogP contribution in [0.4, 0.5) is 0 Å². The van der Waals surface area contributed by atoms with Crippen molar-refractivity contribution in [3.8, 4) is 0 Å². The van der Waals surface area contributed by atoms with Gasteiger partial charge in [-0.05, 0) is 6.92 Å². The van der Waals surface area contributed by atoms with Gasteiger partial charge in [-0.15, -0.1) is 0 Å². The molecule has 0 amide bonds. The lowest BCUT2D eigenvalue weighted by Crippen LogP contribution is -2.37. The maximum absolute atomic E-state index is 11.3. The van der Waals surface area contributed by atoms with Crippen LogP contribution in [0.15, 0.2) is 0 Å². The van der Waals surface area contributed by atoms with Crippen LogP contribution in [-0.4, -0.2) is 58.2 Å². The van der Waals surface area contributed by atoms with Crippen molar-refractivity contribution in [2.75, 3.05) is 32.6 Å². The quantitative estimate of drug-likeness (QED) is 0.510. The van der Waals surface area contributed by atoms with Crippen LogP contribution in [0.25, 0.3) is 0 Å². The lowest BCUT2D eigenvalue weighted by molar-refractivity contribution is -0.139. The number of ether oxygens (including phenoxy) is 2. The molecule has 16 heavy (non-hydrogen) atoms. The number of nitrogens with one attached hydrogen (secondary N) is 1. The molecular weight excluding hydrogens is 238 g/mol. The summed E-state index contributed by atoms with van der Waals surface area (Å²) in [5, 5.41) is 9.18. The smallest absolute Gasteiger partial charge is 0.322 e. The highest BCUT2D eigenvalue weighted by Gasteiger charge is 2.18. The number of sulfonamides is 1. The first-order valence-electron chi connectivity index (χ1n) is 4.71. The van der Waals surface area contributed by atoms with Gasteiger partial charge in [0, 0.05) is 13.7 Å². The monoisotopic (exact) mass is 255 g/mol. The molecule has 0 radical (unpaired) electrons. The molecule has 0 heterocycles. The Morgan fingerprint density at radius 1 is 1.50 bits per heavy atom. The highest BCUT2D eigenvalue weighted by atomic mass is 32.2. The van der Waals surface area contributed by atoms with Gasteiger partial charge in [0.1, 0.15) is 0 Å². The van der Waals surface area contributed by atoms with Gasteiger partial charge in [-0.3, -0.25) is 4.79 Å². The van der Waals surface area contributed by atoms with Crippen molar-refractivity contribution in [3.63, 3.8) is 0 Å². The second-order valence-corrected chi connectivity index (χ2v) is 4.83. The van der Waals surface area contributed by atoms with Crippen LogP contribution in [0, 0.1) is 0 Å². The molecule has 0 aliphatic carbocycles. The van der Waals surface area contributed by atoms with E-state index in [-0.39, 0.29) is 19.8 Å². The Bertz CT molecular complexity index is 302. The number of hydrogen-bond acceptors (Lipinski definition) is 6. The minimum atomic E-state index is -3.76. The van der Waals surface area contributed by atoms with Crippen LogP contribution in [0.2, 0.25) is 0 Å². The summed E-state index contributed by atoms with van der Waals surface area (Å²) >= 11 is 0. The summed E-state index contributed by atoms with van der Waals surface area (Å²) < 4.78 is 33.7. The Balaban J connectivity index is 4.01. The predicted molar refractivity (Wildman–Crippen MR) is 56.3 cm³/mol. The van der Waals surface area contributed by atoms with Crippen molar-refractivity contribution in [1.82, 2.24) is 4.72 Å². The van der Waals surface area contributed by atoms with E-state index in [9.17, 15) is 18.3 Å². The van der Waals surface area contributed by atoms with Crippen LogP contribution in [0.1, 0.15) is 6.92 Å². The van der Waals surface area contributed by atoms with Crippen molar-refractivity contribution in [1.29, 1.82) is 0 Å². The number of rotatable bonds is 8. The second-order valence-electron chi connectivity index (χ2n) is 3.02. The van der Waals surface area contributed by atoms with Crippen molar-refractivity contribution in [2.24, 2.45) is 0 Å². The predicted octanol–water partition coefficient (Wildman–Crippen LogP) is -1.52. The molecule has 0 fully saturated rings. The van der Waals surface area contributed by atoms with E-state index in [0.29, 0.717) is 0 Å². The van der Waals surface area contributed by atoms with Crippen LogP contribution in [0.5, 0.6) is 0 Å². The lowest BCUT2D eigenvalue weighted by atomic mass is 10.4. The van der Waals surface area contributed by atoms with Crippen LogP contribution >= 0.6 is 0 Å². The van der Waals surface area contributed by atoms with E-state index in [4.69, 9.17) is 0 Å². The zero-order valence-corrected chi connectivity index (χ0v) is 10.1. The molecule has 0 aromatic rings. The van der Waals surface area contributed by atoms with Gasteiger partial charge in [0.2, 0.25) is 10.0 Å². The summed E-state index contributed by atoms with van der Waals surface area (Å²) in [5.41, 5.74) is 0. The molecule has 96 valence electrons. The fourth-order valence-electron chi connectivity index (χ4n) is 0.883. The Kier molecular flexibility index (Phi) is 7.22. The van der Waals surface area contributed by atoms with Gasteiger partial charge in [-0.1, -0.05) is 0 Å². The number of methoxy groups -OCH3 is 1. The van der Waals surface area contributed by atoms with E-state index in [1.807, 2.05) is 0 Å². The van der Waals surface area contributed by atoms with E-state index in [0.717, 1.165) is 0 Å². The summed E-state index contributed by atoms with van der Waals surface area (Å²) in [6.07, 6.45) is -0.943. The molecular formula is C8H17NO6S. The minimum absolute atomic E-state index is 0.0158. The molecule has 0 saturated heterocycles. The first-order chi connectivity index (χ1) is 7.41. The number of carbonyl (C=O) groups excluding carboxylic acids is 1. The second kappa shape index (κ2) is 7.55. The Morgan fingerprint density at radius 3 is 2.62 bits per heavy atom. The zero-order chi connectivity index (χ0) is 12.6. The number of aliphatic hydroxyl groups is 1. The molecule has 8 heteroatoms. The Labute approximate surface area is 94.8 Å². The molecule has 1 atom stereocenters. The van der Waals surface area contributed by atoms with Crippen molar-refractivity contribution < 1.29 is 27.8 Å². The molecule has 1 unspecified atom stereocenters. The highest BCUT2D eigenvalue weighted by molar-refractivity contribution is 7.90. The van der Waals surface area contributed by atoms with Gasteiger partial charge in [0.15, 0.2) is 5.75 Å². The summed E-state index contributed by atoms with van der Waals surface area (Å²) in [5.74, 6) is -1.57. The van der Waals surface area contributed by atoms with Gasteiger partial charge in [-0.2, -0.15) is 0 Å². The topological polar surface area (TPSA) is 102 Å². The minimum Gasteiger partial charge on any atom is -0.465 e. The first kappa shape index (κ1) is 15.3.